The number of nitrogens with zero attached hydrogens (tertiary/aromatic N) is 5. The fraction of sp³-hybridized carbons (Fsp3) is 0.704. The monoisotopic (exact) mass is 494 g/mol. The molecule has 4 atom stereocenters. The van der Waals surface area contributed by atoms with E-state index in [1.807, 2.05) is 12.1 Å². The van der Waals surface area contributed by atoms with Crippen molar-refractivity contribution >= 4 is 17.2 Å². The van der Waals surface area contributed by atoms with E-state index in [-0.39, 0.29) is 17.9 Å². The number of thiophene rings is 1. The van der Waals surface area contributed by atoms with Crippen molar-refractivity contribution in [2.75, 3.05) is 6.54 Å². The minimum Gasteiger partial charge on any atom is -0.348 e. The van der Waals surface area contributed by atoms with Crippen LogP contribution in [0.5, 0.6) is 0 Å². The molecular formula is C27H38N6OS. The lowest BCUT2D eigenvalue weighted by Gasteiger charge is -2.40. The number of carbonyl (C=O) groups is 1. The van der Waals surface area contributed by atoms with Crippen LogP contribution in [0.3, 0.4) is 0 Å². The Balaban J connectivity index is 1.27. The van der Waals surface area contributed by atoms with Crippen LogP contribution >= 0.6 is 11.3 Å². The highest BCUT2D eigenvalue weighted by Crippen LogP contribution is 2.42. The molecular weight excluding hydrogens is 456 g/mol. The van der Waals surface area contributed by atoms with Crippen LogP contribution in [0.2, 0.25) is 0 Å². The van der Waals surface area contributed by atoms with Crippen LogP contribution in [0.4, 0.5) is 0 Å². The second-order valence-corrected chi connectivity index (χ2v) is 12.1. The van der Waals surface area contributed by atoms with E-state index in [1.165, 1.54) is 24.2 Å². The third kappa shape index (κ3) is 5.03. The van der Waals surface area contributed by atoms with Gasteiger partial charge in [-0.1, -0.05) is 26.7 Å². The minimum absolute atomic E-state index is 0.0139. The zero-order chi connectivity index (χ0) is 24.5. The van der Waals surface area contributed by atoms with Gasteiger partial charge in [-0.3, -0.25) is 9.69 Å². The summed E-state index contributed by atoms with van der Waals surface area (Å²) in [6.07, 6.45) is 10.00. The smallest absolute Gasteiger partial charge is 0.223 e. The molecule has 2 aromatic rings. The second-order valence-electron chi connectivity index (χ2n) is 11.0. The Hall–Kier alpha value is -2.24. The number of hydrogen-bond donors (Lipinski definition) is 1. The normalized spacial score (nSPS) is 25.7. The molecule has 1 unspecified atom stereocenters. The molecule has 7 nitrogen and oxygen atoms in total. The first kappa shape index (κ1) is 24.5. The van der Waals surface area contributed by atoms with Gasteiger partial charge in [-0.2, -0.15) is 5.26 Å². The molecule has 0 radical (unpaired) electrons. The van der Waals surface area contributed by atoms with Crippen molar-refractivity contribution in [2.24, 2.45) is 5.92 Å². The highest BCUT2D eigenvalue weighted by molar-refractivity contribution is 7.12. The highest BCUT2D eigenvalue weighted by Gasteiger charge is 2.42. The number of hydrogen-bond acceptors (Lipinski definition) is 6. The van der Waals surface area contributed by atoms with Crippen molar-refractivity contribution in [1.29, 1.82) is 5.26 Å². The van der Waals surface area contributed by atoms with Crippen LogP contribution in [-0.2, 0) is 4.79 Å². The summed E-state index contributed by atoms with van der Waals surface area (Å²) in [5.74, 6) is 2.88. The Morgan fingerprint density at radius 1 is 1.14 bits per heavy atom. The molecule has 1 amide bonds. The number of piperidine rings is 1. The van der Waals surface area contributed by atoms with E-state index in [0.29, 0.717) is 28.9 Å². The Morgan fingerprint density at radius 2 is 1.86 bits per heavy atom. The predicted molar refractivity (Wildman–Crippen MR) is 137 cm³/mol. The Labute approximate surface area is 212 Å². The lowest BCUT2D eigenvalue weighted by atomic mass is 9.95. The first-order valence-electron chi connectivity index (χ1n) is 13.4. The van der Waals surface area contributed by atoms with E-state index >= 15 is 0 Å². The van der Waals surface area contributed by atoms with Gasteiger partial charge in [-0.15, -0.1) is 21.5 Å². The highest BCUT2D eigenvalue weighted by atomic mass is 32.1. The third-order valence-corrected chi connectivity index (χ3v) is 9.54. The molecule has 1 aliphatic carbocycles. The quantitative estimate of drug-likeness (QED) is 0.542. The maximum atomic E-state index is 13.0. The molecule has 1 N–H and O–H groups in total. The maximum Gasteiger partial charge on any atom is 0.223 e. The van der Waals surface area contributed by atoms with E-state index in [4.69, 9.17) is 0 Å². The first-order valence-corrected chi connectivity index (χ1v) is 14.2. The van der Waals surface area contributed by atoms with Crippen molar-refractivity contribution in [3.63, 3.8) is 0 Å². The SMILES string of the molecule is Cc1nnc(C(C)C)n1C1C[C@H]2CC[C@@H](C1)N2CC[C@H](NC(=O)C1CCCC1)c1ccc(C#N)s1. The van der Waals surface area contributed by atoms with Gasteiger partial charge in [0, 0.05) is 41.4 Å². The number of rotatable bonds is 8. The molecule has 2 aliphatic heterocycles. The van der Waals surface area contributed by atoms with Crippen molar-refractivity contribution < 1.29 is 4.79 Å². The van der Waals surface area contributed by atoms with Crippen molar-refractivity contribution in [3.8, 4) is 6.07 Å². The van der Waals surface area contributed by atoms with Gasteiger partial charge in [0.2, 0.25) is 5.91 Å². The Morgan fingerprint density at radius 3 is 2.49 bits per heavy atom. The van der Waals surface area contributed by atoms with Crippen molar-refractivity contribution in [2.45, 2.75) is 109 Å². The molecule has 35 heavy (non-hydrogen) atoms. The van der Waals surface area contributed by atoms with E-state index < -0.39 is 0 Å². The molecule has 3 fully saturated rings. The molecule has 3 aliphatic rings. The first-order chi connectivity index (χ1) is 16.9. The number of nitriles is 1. The zero-order valence-corrected chi connectivity index (χ0v) is 22.1. The van der Waals surface area contributed by atoms with Crippen LogP contribution in [-0.4, -0.2) is 44.2 Å². The predicted octanol–water partition coefficient (Wildman–Crippen LogP) is 5.25. The van der Waals surface area contributed by atoms with Crippen LogP contribution in [0.15, 0.2) is 12.1 Å². The van der Waals surface area contributed by atoms with E-state index in [0.717, 1.165) is 68.0 Å². The van der Waals surface area contributed by atoms with Gasteiger partial charge in [0.25, 0.3) is 0 Å². The summed E-state index contributed by atoms with van der Waals surface area (Å²) in [6.45, 7) is 7.47. The molecule has 8 heteroatoms. The van der Waals surface area contributed by atoms with E-state index in [9.17, 15) is 10.1 Å². The molecule has 2 bridgehead atoms. The number of amides is 1. The summed E-state index contributed by atoms with van der Waals surface area (Å²) in [4.78, 5) is 17.5. The summed E-state index contributed by atoms with van der Waals surface area (Å²) in [5, 5.41) is 21.6. The van der Waals surface area contributed by atoms with Gasteiger partial charge in [-0.25, -0.2) is 0 Å². The number of fused-ring (bicyclic) bond motifs is 2. The van der Waals surface area contributed by atoms with E-state index in [2.05, 4.69) is 51.8 Å². The molecule has 2 aromatic heterocycles. The minimum atomic E-state index is -0.0139. The van der Waals surface area contributed by atoms with Gasteiger partial charge in [0.05, 0.1) is 6.04 Å². The fourth-order valence-corrected chi connectivity index (χ4v) is 7.58. The summed E-state index contributed by atoms with van der Waals surface area (Å²) in [7, 11) is 0. The van der Waals surface area contributed by atoms with Crippen LogP contribution < -0.4 is 5.32 Å². The largest absolute Gasteiger partial charge is 0.348 e. The van der Waals surface area contributed by atoms with E-state index in [1.54, 1.807) is 0 Å². The zero-order valence-electron chi connectivity index (χ0n) is 21.2. The van der Waals surface area contributed by atoms with Gasteiger partial charge in [0.1, 0.15) is 22.6 Å². The summed E-state index contributed by atoms with van der Waals surface area (Å²) in [5.41, 5.74) is 0. The number of aromatic nitrogens is 3. The van der Waals surface area contributed by atoms with Gasteiger partial charge in [0.15, 0.2) is 0 Å². The van der Waals surface area contributed by atoms with Gasteiger partial charge >= 0.3 is 0 Å². The molecule has 0 spiro atoms. The molecule has 0 aromatic carbocycles. The standard InChI is InChI=1S/C27H38N6OS/c1-17(2)26-31-30-18(3)33(26)22-14-20-8-9-21(15-22)32(20)13-12-24(25-11-10-23(16-28)35-25)29-27(34)19-6-4-5-7-19/h10-11,17,19-22,24H,4-9,12-15H2,1-3H3,(H,29,34)/t20-,21+,22?,24-/m0/s1. The lowest BCUT2D eigenvalue weighted by Crippen LogP contribution is -2.45. The molecule has 1 saturated carbocycles. The molecule has 188 valence electrons. The van der Waals surface area contributed by atoms with Crippen molar-refractivity contribution in [1.82, 2.24) is 25.0 Å². The average Bonchev–Trinajstić information content (AvgIpc) is 3.63. The topological polar surface area (TPSA) is 86.8 Å². The van der Waals surface area contributed by atoms with Crippen LogP contribution in [0.25, 0.3) is 0 Å². The Bertz CT molecular complexity index is 1060. The molecule has 4 heterocycles. The van der Waals surface area contributed by atoms with Crippen LogP contribution in [0, 0.1) is 24.2 Å². The van der Waals surface area contributed by atoms with Crippen LogP contribution in [0.1, 0.15) is 111 Å². The van der Waals surface area contributed by atoms with Gasteiger partial charge in [-0.05, 0) is 64.0 Å². The fourth-order valence-electron chi connectivity index (χ4n) is 6.69. The maximum absolute atomic E-state index is 13.0. The Kier molecular flexibility index (Phi) is 7.26. The summed E-state index contributed by atoms with van der Waals surface area (Å²) >= 11 is 1.52. The van der Waals surface area contributed by atoms with Gasteiger partial charge < -0.3 is 9.88 Å². The number of carbonyl (C=O) groups excluding carboxylic acids is 1. The number of nitrogens with one attached hydrogen (secondary N) is 1. The molecule has 2 saturated heterocycles. The summed E-state index contributed by atoms with van der Waals surface area (Å²) < 4.78 is 2.41. The summed E-state index contributed by atoms with van der Waals surface area (Å²) in [6, 6.07) is 7.79. The third-order valence-electron chi connectivity index (χ3n) is 8.43. The lowest BCUT2D eigenvalue weighted by molar-refractivity contribution is -0.125. The average molecular weight is 495 g/mol. The second kappa shape index (κ2) is 10.4. The number of aryl methyl sites for hydroxylation is 1. The molecule has 5 rings (SSSR count). The van der Waals surface area contributed by atoms with Crippen molar-refractivity contribution in [3.05, 3.63) is 33.5 Å².